The molecule has 0 aromatic heterocycles. The summed E-state index contributed by atoms with van der Waals surface area (Å²) in [6.07, 6.45) is 1.18. The molecule has 0 aliphatic rings. The Morgan fingerprint density at radius 3 is 2.23 bits per heavy atom. The van der Waals surface area contributed by atoms with Crippen LogP contribution < -0.4 is 9.62 Å². The first-order valence-corrected chi connectivity index (χ1v) is 13.7. The minimum absolute atomic E-state index is 0.0106. The third-order valence-electron chi connectivity index (χ3n) is 5.04. The van der Waals surface area contributed by atoms with Gasteiger partial charge in [0.15, 0.2) is 0 Å². The van der Waals surface area contributed by atoms with Gasteiger partial charge in [-0.25, -0.2) is 12.8 Å². The van der Waals surface area contributed by atoms with Gasteiger partial charge in [0.05, 0.1) is 17.0 Å². The second-order valence-electron chi connectivity index (χ2n) is 8.21. The summed E-state index contributed by atoms with van der Waals surface area (Å²) in [6, 6.07) is 7.00. The Balaban J connectivity index is 2.50. The highest BCUT2D eigenvalue weighted by Crippen LogP contribution is 2.27. The minimum Gasteiger partial charge on any atom is -0.352 e. The molecule has 2 rings (SSSR count). The van der Waals surface area contributed by atoms with Crippen LogP contribution in [0.5, 0.6) is 0 Å². The van der Waals surface area contributed by atoms with Crippen LogP contribution in [0.25, 0.3) is 0 Å². The largest absolute Gasteiger partial charge is 0.352 e. The second kappa shape index (κ2) is 12.3. The number of halogens is 4. The Morgan fingerprint density at radius 2 is 1.71 bits per heavy atom. The number of carbonyl (C=O) groups excluding carboxylic acids is 2. The van der Waals surface area contributed by atoms with Gasteiger partial charge in [-0.2, -0.15) is 0 Å². The SMILES string of the molecule is CCC(C(=O)NC(C)C)N(Cc1ccc(Cl)cc1Cl)C(=O)CN(c1ccc(F)c(Cl)c1)S(C)(=O)=O. The molecule has 0 aliphatic heterocycles. The molecule has 2 aromatic rings. The summed E-state index contributed by atoms with van der Waals surface area (Å²) in [5.74, 6) is -1.78. The molecule has 35 heavy (non-hydrogen) atoms. The van der Waals surface area contributed by atoms with E-state index in [0.29, 0.717) is 15.6 Å². The van der Waals surface area contributed by atoms with Crippen LogP contribution in [0.4, 0.5) is 10.1 Å². The third-order valence-corrected chi connectivity index (χ3v) is 7.06. The molecule has 0 aliphatic carbocycles. The lowest BCUT2D eigenvalue weighted by Crippen LogP contribution is -2.53. The summed E-state index contributed by atoms with van der Waals surface area (Å²) in [4.78, 5) is 27.8. The first-order valence-electron chi connectivity index (χ1n) is 10.7. The van der Waals surface area contributed by atoms with Crippen molar-refractivity contribution < 1.29 is 22.4 Å². The van der Waals surface area contributed by atoms with Crippen molar-refractivity contribution in [3.8, 4) is 0 Å². The molecule has 1 N–H and O–H groups in total. The van der Waals surface area contributed by atoms with Gasteiger partial charge in [-0.05, 0) is 56.2 Å². The number of benzene rings is 2. The number of nitrogens with zero attached hydrogens (tertiary/aromatic N) is 2. The molecule has 0 fully saturated rings. The van der Waals surface area contributed by atoms with Crippen molar-refractivity contribution in [2.75, 3.05) is 17.1 Å². The van der Waals surface area contributed by atoms with E-state index in [2.05, 4.69) is 5.32 Å². The van der Waals surface area contributed by atoms with E-state index >= 15 is 0 Å². The van der Waals surface area contributed by atoms with Crippen molar-refractivity contribution in [2.45, 2.75) is 45.8 Å². The van der Waals surface area contributed by atoms with E-state index < -0.39 is 40.2 Å². The van der Waals surface area contributed by atoms with Gasteiger partial charge >= 0.3 is 0 Å². The number of hydrogen-bond donors (Lipinski definition) is 1. The summed E-state index contributed by atoms with van der Waals surface area (Å²) >= 11 is 18.1. The van der Waals surface area contributed by atoms with E-state index in [1.165, 1.54) is 17.0 Å². The molecule has 192 valence electrons. The van der Waals surface area contributed by atoms with E-state index in [9.17, 15) is 22.4 Å². The average molecular weight is 567 g/mol. The zero-order chi connectivity index (χ0) is 26.5. The number of anilines is 1. The van der Waals surface area contributed by atoms with Gasteiger partial charge in [-0.3, -0.25) is 13.9 Å². The third kappa shape index (κ3) is 7.96. The van der Waals surface area contributed by atoms with Crippen molar-refractivity contribution in [3.63, 3.8) is 0 Å². The van der Waals surface area contributed by atoms with Gasteiger partial charge < -0.3 is 10.2 Å². The zero-order valence-corrected chi connectivity index (χ0v) is 22.8. The normalized spacial score (nSPS) is 12.4. The van der Waals surface area contributed by atoms with Gasteiger partial charge in [-0.1, -0.05) is 47.8 Å². The number of carbonyl (C=O) groups is 2. The molecule has 0 heterocycles. The Bertz CT molecular complexity index is 1190. The van der Waals surface area contributed by atoms with Gasteiger partial charge in [0, 0.05) is 22.6 Å². The number of hydrogen-bond acceptors (Lipinski definition) is 4. The smallest absolute Gasteiger partial charge is 0.244 e. The minimum atomic E-state index is -3.97. The lowest BCUT2D eigenvalue weighted by molar-refractivity contribution is -0.140. The highest BCUT2D eigenvalue weighted by Gasteiger charge is 2.32. The Morgan fingerprint density at radius 1 is 1.06 bits per heavy atom. The maximum Gasteiger partial charge on any atom is 0.244 e. The van der Waals surface area contributed by atoms with Crippen molar-refractivity contribution in [2.24, 2.45) is 0 Å². The van der Waals surface area contributed by atoms with Crippen LogP contribution in [-0.4, -0.2) is 50.0 Å². The molecule has 1 unspecified atom stereocenters. The molecular formula is C23H27Cl3FN3O4S. The lowest BCUT2D eigenvalue weighted by Gasteiger charge is -2.33. The summed E-state index contributed by atoms with van der Waals surface area (Å²) < 4.78 is 39.6. The maximum absolute atomic E-state index is 13.7. The van der Waals surface area contributed by atoms with Crippen LogP contribution >= 0.6 is 34.8 Å². The van der Waals surface area contributed by atoms with Crippen molar-refractivity contribution in [1.29, 1.82) is 0 Å². The zero-order valence-electron chi connectivity index (χ0n) is 19.7. The molecule has 0 saturated carbocycles. The molecule has 1 atom stereocenters. The maximum atomic E-state index is 13.7. The van der Waals surface area contributed by atoms with Gasteiger partial charge in [0.1, 0.15) is 18.4 Å². The van der Waals surface area contributed by atoms with Crippen LogP contribution in [0.2, 0.25) is 15.1 Å². The summed E-state index contributed by atoms with van der Waals surface area (Å²) in [5.41, 5.74) is 0.535. The number of rotatable bonds is 10. The van der Waals surface area contributed by atoms with Gasteiger partial charge in [0.25, 0.3) is 0 Å². The topological polar surface area (TPSA) is 86.8 Å². The monoisotopic (exact) mass is 565 g/mol. The fourth-order valence-corrected chi connectivity index (χ4v) is 4.87. The molecular weight excluding hydrogens is 540 g/mol. The fraction of sp³-hybridized carbons (Fsp3) is 0.391. The highest BCUT2D eigenvalue weighted by molar-refractivity contribution is 7.92. The first-order chi connectivity index (χ1) is 16.2. The Kier molecular flexibility index (Phi) is 10.2. The molecule has 0 radical (unpaired) electrons. The number of amides is 2. The Hall–Kier alpha value is -2.07. The summed E-state index contributed by atoms with van der Waals surface area (Å²) in [5, 5.41) is 3.19. The van der Waals surface area contributed by atoms with E-state index in [1.54, 1.807) is 32.9 Å². The molecule has 0 saturated heterocycles. The van der Waals surface area contributed by atoms with Gasteiger partial charge in [-0.15, -0.1) is 0 Å². The van der Waals surface area contributed by atoms with Crippen LogP contribution in [0.1, 0.15) is 32.8 Å². The van der Waals surface area contributed by atoms with Crippen LogP contribution in [-0.2, 0) is 26.2 Å². The number of sulfonamides is 1. The summed E-state index contributed by atoms with van der Waals surface area (Å²) in [7, 11) is -3.97. The van der Waals surface area contributed by atoms with Crippen LogP contribution in [0.15, 0.2) is 36.4 Å². The van der Waals surface area contributed by atoms with Crippen molar-refractivity contribution >= 4 is 62.3 Å². The molecule has 0 bridgehead atoms. The molecule has 7 nitrogen and oxygen atoms in total. The second-order valence-corrected chi connectivity index (χ2v) is 11.4. The van der Waals surface area contributed by atoms with E-state index in [-0.39, 0.29) is 29.7 Å². The van der Waals surface area contributed by atoms with Gasteiger partial charge in [0.2, 0.25) is 21.8 Å². The summed E-state index contributed by atoms with van der Waals surface area (Å²) in [6.45, 7) is 4.60. The van der Waals surface area contributed by atoms with Crippen molar-refractivity contribution in [3.05, 3.63) is 62.8 Å². The standard InChI is InChI=1S/C23H27Cl3FN3O4S/c1-5-21(23(32)28-14(2)3)29(12-15-6-7-16(24)10-18(15)25)22(31)13-30(35(4,33)34)17-8-9-20(27)19(26)11-17/h6-11,14,21H,5,12-13H2,1-4H3,(H,28,32). The Labute approximate surface area is 220 Å². The van der Waals surface area contributed by atoms with E-state index in [4.69, 9.17) is 34.8 Å². The van der Waals surface area contributed by atoms with Crippen LogP contribution in [0.3, 0.4) is 0 Å². The molecule has 12 heteroatoms. The van der Waals surface area contributed by atoms with Crippen molar-refractivity contribution in [1.82, 2.24) is 10.2 Å². The van der Waals surface area contributed by atoms with E-state index in [1.807, 2.05) is 0 Å². The quantitative estimate of drug-likeness (QED) is 0.444. The van der Waals surface area contributed by atoms with Crippen LogP contribution in [0, 0.1) is 5.82 Å². The predicted molar refractivity (Wildman–Crippen MR) is 138 cm³/mol. The fourth-order valence-electron chi connectivity index (χ4n) is 3.39. The average Bonchev–Trinajstić information content (AvgIpc) is 2.74. The molecule has 2 aromatic carbocycles. The number of nitrogens with one attached hydrogen (secondary N) is 1. The van der Waals surface area contributed by atoms with E-state index in [0.717, 1.165) is 22.7 Å². The highest BCUT2D eigenvalue weighted by atomic mass is 35.5. The molecule has 0 spiro atoms. The first kappa shape index (κ1) is 29.2. The lowest BCUT2D eigenvalue weighted by atomic mass is 10.1. The predicted octanol–water partition coefficient (Wildman–Crippen LogP) is 4.88. The molecule has 2 amide bonds.